The van der Waals surface area contributed by atoms with Gasteiger partial charge < -0.3 is 9.84 Å². The lowest BCUT2D eigenvalue weighted by Gasteiger charge is -2.21. The number of carbonyl (C=O) groups excluding carboxylic acids is 2. The molecule has 1 saturated heterocycles. The maximum Gasteiger partial charge on any atom is 0.325 e. The largest absolute Gasteiger partial charge is 0.337 e. The number of nitrogens with zero attached hydrogens (tertiary/aromatic N) is 3. The van der Waals surface area contributed by atoms with Gasteiger partial charge in [0.1, 0.15) is 17.9 Å². The van der Waals surface area contributed by atoms with E-state index in [9.17, 15) is 14.0 Å². The zero-order valence-corrected chi connectivity index (χ0v) is 14.4. The van der Waals surface area contributed by atoms with Crippen LogP contribution in [0.2, 0.25) is 0 Å². The van der Waals surface area contributed by atoms with E-state index in [4.69, 9.17) is 4.52 Å². The molecule has 7 nitrogen and oxygen atoms in total. The highest BCUT2D eigenvalue weighted by Gasteiger charge is 2.49. The first kappa shape index (κ1) is 16.4. The highest BCUT2D eigenvalue weighted by Crippen LogP contribution is 2.30. The van der Waals surface area contributed by atoms with Gasteiger partial charge in [-0.1, -0.05) is 23.4 Å². The Kier molecular flexibility index (Phi) is 3.80. The van der Waals surface area contributed by atoms with Gasteiger partial charge in [-0.2, -0.15) is 4.98 Å². The van der Waals surface area contributed by atoms with E-state index in [-0.39, 0.29) is 12.4 Å². The monoisotopic (exact) mass is 372 g/mol. The molecule has 26 heavy (non-hydrogen) atoms. The van der Waals surface area contributed by atoms with Crippen molar-refractivity contribution in [2.45, 2.75) is 19.0 Å². The average Bonchev–Trinajstić information content (AvgIpc) is 3.34. The number of hydrogen-bond donors (Lipinski definition) is 1. The second-order valence-electron chi connectivity index (χ2n) is 5.94. The Labute approximate surface area is 151 Å². The number of hydrogen-bond acceptors (Lipinski definition) is 6. The van der Waals surface area contributed by atoms with Crippen LogP contribution in [0.25, 0.3) is 10.7 Å². The molecule has 0 radical (unpaired) electrons. The molecule has 132 valence electrons. The third-order valence-electron chi connectivity index (χ3n) is 4.20. The third-order valence-corrected chi connectivity index (χ3v) is 5.07. The SMILES string of the molecule is CC1(c2ccc(F)cc2)NC(=O)N(Cc2nc(-c3cccs3)no2)C1=O. The number of nitrogens with one attached hydrogen (secondary N) is 1. The molecule has 0 saturated carbocycles. The summed E-state index contributed by atoms with van der Waals surface area (Å²) >= 11 is 1.46. The van der Waals surface area contributed by atoms with Gasteiger partial charge in [-0.15, -0.1) is 11.3 Å². The predicted octanol–water partition coefficient (Wildman–Crippen LogP) is 2.90. The summed E-state index contributed by atoms with van der Waals surface area (Å²) in [7, 11) is 0. The molecule has 0 spiro atoms. The summed E-state index contributed by atoms with van der Waals surface area (Å²) in [6.07, 6.45) is 0. The minimum absolute atomic E-state index is 0.139. The van der Waals surface area contributed by atoms with Gasteiger partial charge >= 0.3 is 6.03 Å². The van der Waals surface area contributed by atoms with Crippen molar-refractivity contribution < 1.29 is 18.5 Å². The Morgan fingerprint density at radius 1 is 1.27 bits per heavy atom. The summed E-state index contributed by atoms with van der Waals surface area (Å²) in [4.78, 5) is 31.2. The molecule has 3 heterocycles. The summed E-state index contributed by atoms with van der Waals surface area (Å²) in [5.41, 5.74) is -0.786. The van der Waals surface area contributed by atoms with E-state index < -0.39 is 23.3 Å². The Morgan fingerprint density at radius 2 is 2.04 bits per heavy atom. The number of benzene rings is 1. The second-order valence-corrected chi connectivity index (χ2v) is 6.89. The van der Waals surface area contributed by atoms with Crippen LogP contribution < -0.4 is 5.32 Å². The maximum atomic E-state index is 13.1. The lowest BCUT2D eigenvalue weighted by atomic mass is 9.92. The zero-order chi connectivity index (χ0) is 18.3. The summed E-state index contributed by atoms with van der Waals surface area (Å²) in [6, 6.07) is 8.57. The normalized spacial score (nSPS) is 19.8. The minimum Gasteiger partial charge on any atom is -0.337 e. The van der Waals surface area contributed by atoms with Crippen molar-refractivity contribution in [3.8, 4) is 10.7 Å². The molecule has 0 aliphatic carbocycles. The van der Waals surface area contributed by atoms with E-state index in [0.29, 0.717) is 11.4 Å². The average molecular weight is 372 g/mol. The van der Waals surface area contributed by atoms with Crippen LogP contribution in [-0.2, 0) is 16.9 Å². The van der Waals surface area contributed by atoms with Crippen LogP contribution in [0.4, 0.5) is 9.18 Å². The molecule has 1 aromatic carbocycles. The van der Waals surface area contributed by atoms with E-state index in [1.807, 2.05) is 17.5 Å². The van der Waals surface area contributed by atoms with Crippen molar-refractivity contribution in [1.29, 1.82) is 0 Å². The summed E-state index contributed by atoms with van der Waals surface area (Å²) in [5, 5.41) is 8.40. The molecule has 9 heteroatoms. The molecule has 1 N–H and O–H groups in total. The molecule has 1 aliphatic rings. The fraction of sp³-hybridized carbons (Fsp3) is 0.176. The number of imide groups is 1. The van der Waals surface area contributed by atoms with Crippen molar-refractivity contribution >= 4 is 23.3 Å². The molecule has 2 aromatic heterocycles. The molecule has 3 aromatic rings. The van der Waals surface area contributed by atoms with Crippen molar-refractivity contribution in [3.05, 3.63) is 59.0 Å². The topological polar surface area (TPSA) is 88.3 Å². The van der Waals surface area contributed by atoms with Crippen LogP contribution in [-0.4, -0.2) is 27.0 Å². The van der Waals surface area contributed by atoms with Gasteiger partial charge in [0, 0.05) is 0 Å². The van der Waals surface area contributed by atoms with E-state index in [0.717, 1.165) is 9.78 Å². The molecular weight excluding hydrogens is 359 g/mol. The van der Waals surface area contributed by atoms with Crippen LogP contribution in [0, 0.1) is 5.82 Å². The number of rotatable bonds is 4. The Bertz CT molecular complexity index is 970. The maximum absolute atomic E-state index is 13.1. The molecular formula is C17H13FN4O3S. The number of aromatic nitrogens is 2. The summed E-state index contributed by atoms with van der Waals surface area (Å²) < 4.78 is 18.3. The van der Waals surface area contributed by atoms with Crippen LogP contribution in [0.15, 0.2) is 46.3 Å². The van der Waals surface area contributed by atoms with Crippen LogP contribution >= 0.6 is 11.3 Å². The zero-order valence-electron chi connectivity index (χ0n) is 13.6. The van der Waals surface area contributed by atoms with Gasteiger partial charge in [0.05, 0.1) is 4.88 Å². The van der Waals surface area contributed by atoms with Gasteiger partial charge in [0.25, 0.3) is 5.91 Å². The molecule has 1 atom stereocenters. The minimum atomic E-state index is -1.28. The predicted molar refractivity (Wildman–Crippen MR) is 90.4 cm³/mol. The van der Waals surface area contributed by atoms with Crippen LogP contribution in [0.3, 0.4) is 0 Å². The first-order valence-electron chi connectivity index (χ1n) is 7.74. The Hall–Kier alpha value is -3.07. The molecule has 4 rings (SSSR count). The van der Waals surface area contributed by atoms with Gasteiger partial charge in [-0.25, -0.2) is 9.18 Å². The fourth-order valence-electron chi connectivity index (χ4n) is 2.78. The fourth-order valence-corrected chi connectivity index (χ4v) is 3.43. The summed E-state index contributed by atoms with van der Waals surface area (Å²) in [5.74, 6) is -0.327. The second kappa shape index (κ2) is 6.03. The number of halogens is 1. The quantitative estimate of drug-likeness (QED) is 0.712. The smallest absolute Gasteiger partial charge is 0.325 e. The number of carbonyl (C=O) groups is 2. The molecule has 1 fully saturated rings. The number of urea groups is 1. The lowest BCUT2D eigenvalue weighted by Crippen LogP contribution is -2.40. The lowest BCUT2D eigenvalue weighted by molar-refractivity contribution is -0.131. The van der Waals surface area contributed by atoms with E-state index in [2.05, 4.69) is 15.5 Å². The highest BCUT2D eigenvalue weighted by atomic mass is 32.1. The first-order valence-corrected chi connectivity index (χ1v) is 8.62. The molecule has 0 bridgehead atoms. The van der Waals surface area contributed by atoms with Crippen molar-refractivity contribution in [3.63, 3.8) is 0 Å². The van der Waals surface area contributed by atoms with Crippen molar-refractivity contribution in [2.24, 2.45) is 0 Å². The number of thiophene rings is 1. The van der Waals surface area contributed by atoms with Crippen molar-refractivity contribution in [1.82, 2.24) is 20.4 Å². The van der Waals surface area contributed by atoms with Gasteiger partial charge in [-0.05, 0) is 36.1 Å². The van der Waals surface area contributed by atoms with Crippen LogP contribution in [0.1, 0.15) is 18.4 Å². The van der Waals surface area contributed by atoms with E-state index in [1.54, 1.807) is 6.92 Å². The molecule has 3 amide bonds. The van der Waals surface area contributed by atoms with Crippen LogP contribution in [0.5, 0.6) is 0 Å². The molecule has 1 unspecified atom stereocenters. The van der Waals surface area contributed by atoms with E-state index >= 15 is 0 Å². The standard InChI is InChI=1S/C17H13FN4O3S/c1-17(10-4-6-11(18)7-5-10)15(23)22(16(24)20-17)9-13-19-14(21-25-13)12-3-2-8-26-12/h2-8H,9H2,1H3,(H,20,24). The molecule has 1 aliphatic heterocycles. The Morgan fingerprint density at radius 3 is 2.73 bits per heavy atom. The van der Waals surface area contributed by atoms with E-state index in [1.165, 1.54) is 35.6 Å². The summed E-state index contributed by atoms with van der Waals surface area (Å²) in [6.45, 7) is 1.44. The van der Waals surface area contributed by atoms with Gasteiger partial charge in [0.15, 0.2) is 0 Å². The Balaban J connectivity index is 1.57. The van der Waals surface area contributed by atoms with Gasteiger partial charge in [0.2, 0.25) is 11.7 Å². The van der Waals surface area contributed by atoms with Crippen molar-refractivity contribution in [2.75, 3.05) is 0 Å². The first-order chi connectivity index (χ1) is 12.5. The highest BCUT2D eigenvalue weighted by molar-refractivity contribution is 7.13. The number of amides is 3. The van der Waals surface area contributed by atoms with Gasteiger partial charge in [-0.3, -0.25) is 9.69 Å². The third kappa shape index (κ3) is 2.66.